The molecule has 0 bridgehead atoms. The lowest BCUT2D eigenvalue weighted by atomic mass is 10.1. The van der Waals surface area contributed by atoms with Crippen LogP contribution in [0.3, 0.4) is 0 Å². The molecule has 0 radical (unpaired) electrons. The van der Waals surface area contributed by atoms with Crippen molar-refractivity contribution in [3.63, 3.8) is 0 Å². The van der Waals surface area contributed by atoms with E-state index in [-0.39, 0.29) is 6.10 Å². The summed E-state index contributed by atoms with van der Waals surface area (Å²) in [6.07, 6.45) is 1.60. The quantitative estimate of drug-likeness (QED) is 0.764. The Kier molecular flexibility index (Phi) is 6.01. The minimum atomic E-state index is -0.254. The Hall–Kier alpha value is -1.06. The van der Waals surface area contributed by atoms with Gasteiger partial charge in [-0.2, -0.15) is 0 Å². The Morgan fingerprint density at radius 2 is 2.18 bits per heavy atom. The van der Waals surface area contributed by atoms with Gasteiger partial charge < -0.3 is 15.2 Å². The number of aliphatic hydroxyl groups is 1. The van der Waals surface area contributed by atoms with Crippen molar-refractivity contribution in [3.05, 3.63) is 29.3 Å². The topological polar surface area (TPSA) is 41.5 Å². The maximum Gasteiger partial charge on any atom is 0.123 e. The first-order valence-electron chi connectivity index (χ1n) is 6.19. The van der Waals surface area contributed by atoms with E-state index in [1.165, 1.54) is 5.56 Å². The summed E-state index contributed by atoms with van der Waals surface area (Å²) in [6.45, 7) is 5.50. The summed E-state index contributed by atoms with van der Waals surface area (Å²) in [5.74, 6) is 0.896. The molecular weight excluding hydrogens is 214 g/mol. The fourth-order valence-electron chi connectivity index (χ4n) is 1.85. The normalized spacial score (nSPS) is 12.5. The van der Waals surface area contributed by atoms with E-state index >= 15 is 0 Å². The molecule has 0 aromatic heterocycles. The van der Waals surface area contributed by atoms with E-state index in [1.54, 1.807) is 7.11 Å². The Balaban J connectivity index is 2.48. The SMILES string of the molecule is CCCC(O)CNCc1cc(C)ccc1OC. The van der Waals surface area contributed by atoms with Crippen molar-refractivity contribution in [1.82, 2.24) is 5.32 Å². The van der Waals surface area contributed by atoms with E-state index < -0.39 is 0 Å². The zero-order chi connectivity index (χ0) is 12.7. The predicted molar refractivity (Wildman–Crippen MR) is 70.4 cm³/mol. The van der Waals surface area contributed by atoms with E-state index in [0.717, 1.165) is 30.7 Å². The molecule has 3 heteroatoms. The molecule has 0 spiro atoms. The number of aliphatic hydroxyl groups excluding tert-OH is 1. The van der Waals surface area contributed by atoms with Crippen LogP contribution >= 0.6 is 0 Å². The molecule has 1 unspecified atom stereocenters. The monoisotopic (exact) mass is 237 g/mol. The van der Waals surface area contributed by atoms with Crippen LogP contribution < -0.4 is 10.1 Å². The maximum atomic E-state index is 9.61. The molecule has 96 valence electrons. The zero-order valence-corrected chi connectivity index (χ0v) is 11.0. The van der Waals surface area contributed by atoms with Crippen LogP contribution in [0.4, 0.5) is 0 Å². The van der Waals surface area contributed by atoms with Crippen LogP contribution in [0.25, 0.3) is 0 Å². The van der Waals surface area contributed by atoms with Crippen LogP contribution in [0.5, 0.6) is 5.75 Å². The van der Waals surface area contributed by atoms with Crippen LogP contribution in [0.2, 0.25) is 0 Å². The molecule has 0 saturated carbocycles. The van der Waals surface area contributed by atoms with E-state index in [9.17, 15) is 5.11 Å². The summed E-state index contributed by atoms with van der Waals surface area (Å²) in [4.78, 5) is 0. The van der Waals surface area contributed by atoms with Crippen molar-refractivity contribution < 1.29 is 9.84 Å². The number of hydrogen-bond acceptors (Lipinski definition) is 3. The second-order valence-electron chi connectivity index (χ2n) is 4.39. The van der Waals surface area contributed by atoms with Gasteiger partial charge in [-0.15, -0.1) is 0 Å². The van der Waals surface area contributed by atoms with Crippen molar-refractivity contribution in [2.45, 2.75) is 39.3 Å². The average molecular weight is 237 g/mol. The van der Waals surface area contributed by atoms with Crippen LogP contribution in [0.1, 0.15) is 30.9 Å². The fourth-order valence-corrected chi connectivity index (χ4v) is 1.85. The van der Waals surface area contributed by atoms with E-state index in [2.05, 4.69) is 25.2 Å². The third-order valence-electron chi connectivity index (χ3n) is 2.75. The highest BCUT2D eigenvalue weighted by Gasteiger charge is 2.05. The number of ether oxygens (including phenoxy) is 1. The van der Waals surface area contributed by atoms with Crippen LogP contribution in [0, 0.1) is 6.92 Å². The number of hydrogen-bond donors (Lipinski definition) is 2. The standard InChI is InChI=1S/C14H23NO2/c1-4-5-13(16)10-15-9-12-8-11(2)6-7-14(12)17-3/h6-8,13,15-16H,4-5,9-10H2,1-3H3. The predicted octanol–water partition coefficient (Wildman–Crippen LogP) is 2.25. The lowest BCUT2D eigenvalue weighted by Gasteiger charge is -2.13. The van der Waals surface area contributed by atoms with Crippen LogP contribution in [-0.2, 0) is 6.54 Å². The Morgan fingerprint density at radius 1 is 1.41 bits per heavy atom. The molecule has 2 N–H and O–H groups in total. The third kappa shape index (κ3) is 4.75. The van der Waals surface area contributed by atoms with Crippen LogP contribution in [0.15, 0.2) is 18.2 Å². The van der Waals surface area contributed by atoms with Gasteiger partial charge in [-0.1, -0.05) is 31.0 Å². The molecule has 0 amide bonds. The number of benzene rings is 1. The largest absolute Gasteiger partial charge is 0.496 e. The number of aryl methyl sites for hydroxylation is 1. The molecule has 3 nitrogen and oxygen atoms in total. The summed E-state index contributed by atoms with van der Waals surface area (Å²) >= 11 is 0. The molecule has 1 atom stereocenters. The number of methoxy groups -OCH3 is 1. The third-order valence-corrected chi connectivity index (χ3v) is 2.75. The second kappa shape index (κ2) is 7.30. The van der Waals surface area contributed by atoms with E-state index in [1.807, 2.05) is 12.1 Å². The molecule has 1 aromatic carbocycles. The fraction of sp³-hybridized carbons (Fsp3) is 0.571. The van der Waals surface area contributed by atoms with Crippen molar-refractivity contribution >= 4 is 0 Å². The summed E-state index contributed by atoms with van der Waals surface area (Å²) in [5.41, 5.74) is 2.35. The Bertz CT molecular complexity index is 339. The first-order valence-corrected chi connectivity index (χ1v) is 6.19. The molecule has 0 saturated heterocycles. The molecule has 1 rings (SSSR count). The van der Waals surface area contributed by atoms with Gasteiger partial charge in [-0.25, -0.2) is 0 Å². The average Bonchev–Trinajstić information content (AvgIpc) is 2.30. The first-order chi connectivity index (χ1) is 8.17. The van der Waals surface area contributed by atoms with Gasteiger partial charge in [0.1, 0.15) is 5.75 Å². The van der Waals surface area contributed by atoms with E-state index in [0.29, 0.717) is 6.54 Å². The first kappa shape index (κ1) is 14.0. The molecule has 1 aromatic rings. The lowest BCUT2D eigenvalue weighted by molar-refractivity contribution is 0.160. The molecule has 0 aliphatic carbocycles. The summed E-state index contributed by atoms with van der Waals surface area (Å²) in [6, 6.07) is 6.13. The van der Waals surface area contributed by atoms with Crippen molar-refractivity contribution in [3.8, 4) is 5.75 Å². The zero-order valence-electron chi connectivity index (χ0n) is 11.0. The Morgan fingerprint density at radius 3 is 2.82 bits per heavy atom. The highest BCUT2D eigenvalue weighted by molar-refractivity contribution is 5.36. The van der Waals surface area contributed by atoms with Gasteiger partial charge in [0.2, 0.25) is 0 Å². The second-order valence-corrected chi connectivity index (χ2v) is 4.39. The van der Waals surface area contributed by atoms with Gasteiger partial charge in [-0.3, -0.25) is 0 Å². The Labute approximate surface area is 104 Å². The molecule has 0 fully saturated rings. The highest BCUT2D eigenvalue weighted by atomic mass is 16.5. The van der Waals surface area contributed by atoms with Gasteiger partial charge >= 0.3 is 0 Å². The molecular formula is C14H23NO2. The molecule has 17 heavy (non-hydrogen) atoms. The molecule has 0 aliphatic rings. The summed E-state index contributed by atoms with van der Waals surface area (Å²) in [7, 11) is 1.68. The number of rotatable bonds is 7. The highest BCUT2D eigenvalue weighted by Crippen LogP contribution is 2.19. The lowest BCUT2D eigenvalue weighted by Crippen LogP contribution is -2.26. The van der Waals surface area contributed by atoms with Gasteiger partial charge in [0.05, 0.1) is 13.2 Å². The van der Waals surface area contributed by atoms with Crippen molar-refractivity contribution in [2.24, 2.45) is 0 Å². The number of nitrogens with one attached hydrogen (secondary N) is 1. The minimum absolute atomic E-state index is 0.254. The van der Waals surface area contributed by atoms with Gasteiger partial charge in [0.15, 0.2) is 0 Å². The maximum absolute atomic E-state index is 9.61. The van der Waals surface area contributed by atoms with Crippen LogP contribution in [-0.4, -0.2) is 24.9 Å². The van der Waals surface area contributed by atoms with Gasteiger partial charge in [-0.05, 0) is 19.4 Å². The molecule has 0 aliphatic heterocycles. The summed E-state index contributed by atoms with van der Waals surface area (Å²) < 4.78 is 5.30. The molecule has 0 heterocycles. The van der Waals surface area contributed by atoms with Crippen molar-refractivity contribution in [1.29, 1.82) is 0 Å². The van der Waals surface area contributed by atoms with Crippen molar-refractivity contribution in [2.75, 3.05) is 13.7 Å². The van der Waals surface area contributed by atoms with Gasteiger partial charge in [0.25, 0.3) is 0 Å². The summed E-state index contributed by atoms with van der Waals surface area (Å²) in [5, 5.41) is 12.9. The van der Waals surface area contributed by atoms with Gasteiger partial charge in [0, 0.05) is 18.7 Å². The smallest absolute Gasteiger partial charge is 0.123 e. The van der Waals surface area contributed by atoms with E-state index in [4.69, 9.17) is 4.74 Å². The minimum Gasteiger partial charge on any atom is -0.496 e.